The molecule has 1 fully saturated rings. The van der Waals surface area contributed by atoms with Crippen LogP contribution in [0.5, 0.6) is 0 Å². The van der Waals surface area contributed by atoms with Gasteiger partial charge in [-0.2, -0.15) is 15.0 Å². The van der Waals surface area contributed by atoms with Gasteiger partial charge in [-0.05, 0) is 6.42 Å². The fraction of sp³-hybridized carbons (Fsp3) is 0.714. The Labute approximate surface area is 125 Å². The fourth-order valence-corrected chi connectivity index (χ4v) is 2.15. The third kappa shape index (κ3) is 3.80. The number of amides is 1. The highest BCUT2D eigenvalue weighted by Crippen LogP contribution is 2.18. The molecule has 1 unspecified atom stereocenters. The summed E-state index contributed by atoms with van der Waals surface area (Å²) in [5, 5.41) is 3.29. The third-order valence-corrected chi connectivity index (χ3v) is 3.55. The van der Waals surface area contributed by atoms with Gasteiger partial charge in [0.25, 0.3) is 0 Å². The SMILES string of the molecule is CC(C)c1nc(NC2CCN(C)C(=O)C2)nc(N(C)C)n1. The van der Waals surface area contributed by atoms with Crippen LogP contribution in [-0.4, -0.2) is 59.5 Å². The van der Waals surface area contributed by atoms with Gasteiger partial charge in [0.1, 0.15) is 5.82 Å². The molecular weight excluding hydrogens is 268 g/mol. The van der Waals surface area contributed by atoms with Crippen molar-refractivity contribution in [3.8, 4) is 0 Å². The minimum atomic E-state index is 0.0890. The lowest BCUT2D eigenvalue weighted by Crippen LogP contribution is -2.41. The van der Waals surface area contributed by atoms with Crippen LogP contribution >= 0.6 is 0 Å². The molecule has 0 aromatic carbocycles. The second-order valence-corrected chi connectivity index (χ2v) is 6.02. The van der Waals surface area contributed by atoms with Crippen LogP contribution in [0.1, 0.15) is 38.4 Å². The predicted molar refractivity (Wildman–Crippen MR) is 82.5 cm³/mol. The van der Waals surface area contributed by atoms with Crippen LogP contribution in [0.2, 0.25) is 0 Å². The molecular formula is C14H24N6O. The van der Waals surface area contributed by atoms with Gasteiger partial charge in [0, 0.05) is 46.1 Å². The molecule has 0 saturated carbocycles. The molecule has 0 spiro atoms. The number of hydrogen-bond acceptors (Lipinski definition) is 6. The Morgan fingerprint density at radius 1 is 1.29 bits per heavy atom. The number of nitrogens with zero attached hydrogens (tertiary/aromatic N) is 5. The number of carbonyl (C=O) groups is 1. The van der Waals surface area contributed by atoms with E-state index in [2.05, 4.69) is 34.1 Å². The first-order valence-electron chi connectivity index (χ1n) is 7.30. The smallest absolute Gasteiger partial charge is 0.229 e. The molecule has 1 atom stereocenters. The van der Waals surface area contributed by atoms with Crippen molar-refractivity contribution in [2.75, 3.05) is 37.9 Å². The first-order chi connectivity index (χ1) is 9.86. The van der Waals surface area contributed by atoms with Gasteiger partial charge in [0.05, 0.1) is 0 Å². The fourth-order valence-electron chi connectivity index (χ4n) is 2.15. The monoisotopic (exact) mass is 292 g/mol. The topological polar surface area (TPSA) is 74.2 Å². The summed E-state index contributed by atoms with van der Waals surface area (Å²) in [6.45, 7) is 4.87. The summed E-state index contributed by atoms with van der Waals surface area (Å²) in [7, 11) is 5.65. The number of piperidine rings is 1. The van der Waals surface area contributed by atoms with E-state index in [0.29, 0.717) is 18.3 Å². The molecule has 1 aliphatic rings. The number of carbonyl (C=O) groups excluding carboxylic acids is 1. The summed E-state index contributed by atoms with van der Waals surface area (Å²) < 4.78 is 0. The van der Waals surface area contributed by atoms with Crippen molar-refractivity contribution in [1.29, 1.82) is 0 Å². The summed E-state index contributed by atoms with van der Waals surface area (Å²) in [4.78, 5) is 28.7. The molecule has 1 saturated heterocycles. The lowest BCUT2D eigenvalue weighted by atomic mass is 10.1. The molecule has 0 bridgehead atoms. The Balaban J connectivity index is 2.17. The van der Waals surface area contributed by atoms with E-state index in [0.717, 1.165) is 18.8 Å². The Morgan fingerprint density at radius 3 is 2.57 bits per heavy atom. The average Bonchev–Trinajstić information content (AvgIpc) is 2.42. The summed E-state index contributed by atoms with van der Waals surface area (Å²) in [6.07, 6.45) is 1.39. The van der Waals surface area contributed by atoms with E-state index in [1.54, 1.807) is 4.90 Å². The normalized spacial score (nSPS) is 19.0. The maximum absolute atomic E-state index is 11.8. The molecule has 2 rings (SSSR count). The van der Waals surface area contributed by atoms with Crippen LogP contribution in [-0.2, 0) is 4.79 Å². The van der Waals surface area contributed by atoms with Gasteiger partial charge in [-0.15, -0.1) is 0 Å². The predicted octanol–water partition coefficient (Wildman–Crippen LogP) is 1.09. The zero-order chi connectivity index (χ0) is 15.6. The Hall–Kier alpha value is -1.92. The lowest BCUT2D eigenvalue weighted by molar-refractivity contribution is -0.132. The number of rotatable bonds is 4. The van der Waals surface area contributed by atoms with Crippen molar-refractivity contribution in [3.05, 3.63) is 5.82 Å². The Kier molecular flexibility index (Phi) is 4.59. The van der Waals surface area contributed by atoms with E-state index in [-0.39, 0.29) is 17.9 Å². The molecule has 0 aliphatic carbocycles. The number of nitrogens with one attached hydrogen (secondary N) is 1. The molecule has 2 heterocycles. The van der Waals surface area contributed by atoms with Crippen molar-refractivity contribution >= 4 is 17.8 Å². The second-order valence-electron chi connectivity index (χ2n) is 6.02. The molecule has 1 amide bonds. The maximum Gasteiger partial charge on any atom is 0.229 e. The first-order valence-corrected chi connectivity index (χ1v) is 7.30. The van der Waals surface area contributed by atoms with Gasteiger partial charge in [-0.3, -0.25) is 4.79 Å². The number of hydrogen-bond donors (Lipinski definition) is 1. The molecule has 7 heteroatoms. The molecule has 1 N–H and O–H groups in total. The van der Waals surface area contributed by atoms with Crippen molar-refractivity contribution in [2.45, 2.75) is 38.6 Å². The van der Waals surface area contributed by atoms with Gasteiger partial charge in [0.2, 0.25) is 17.8 Å². The molecule has 1 aromatic heterocycles. The summed E-state index contributed by atoms with van der Waals surface area (Å²) >= 11 is 0. The van der Waals surface area contributed by atoms with Crippen LogP contribution in [0, 0.1) is 0 Å². The summed E-state index contributed by atoms with van der Waals surface area (Å²) in [5.74, 6) is 2.33. The van der Waals surface area contributed by atoms with E-state index in [1.165, 1.54) is 0 Å². The molecule has 116 valence electrons. The lowest BCUT2D eigenvalue weighted by Gasteiger charge is -2.29. The van der Waals surface area contributed by atoms with E-state index in [9.17, 15) is 4.79 Å². The van der Waals surface area contributed by atoms with Gasteiger partial charge >= 0.3 is 0 Å². The van der Waals surface area contributed by atoms with Crippen LogP contribution in [0.25, 0.3) is 0 Å². The van der Waals surface area contributed by atoms with E-state index in [4.69, 9.17) is 0 Å². The molecule has 1 aliphatic heterocycles. The van der Waals surface area contributed by atoms with Gasteiger partial charge in [0.15, 0.2) is 0 Å². The Morgan fingerprint density at radius 2 is 2.00 bits per heavy atom. The summed E-state index contributed by atoms with van der Waals surface area (Å²) in [6, 6.07) is 0.0890. The minimum Gasteiger partial charge on any atom is -0.351 e. The third-order valence-electron chi connectivity index (χ3n) is 3.55. The van der Waals surface area contributed by atoms with Crippen molar-refractivity contribution in [1.82, 2.24) is 19.9 Å². The van der Waals surface area contributed by atoms with Gasteiger partial charge in [-0.25, -0.2) is 0 Å². The van der Waals surface area contributed by atoms with Gasteiger partial charge < -0.3 is 15.1 Å². The molecule has 7 nitrogen and oxygen atoms in total. The van der Waals surface area contributed by atoms with Crippen LogP contribution in [0.3, 0.4) is 0 Å². The number of likely N-dealkylation sites (tertiary alicyclic amines) is 1. The van der Waals surface area contributed by atoms with Crippen molar-refractivity contribution in [3.63, 3.8) is 0 Å². The first kappa shape index (κ1) is 15.5. The zero-order valence-corrected chi connectivity index (χ0v) is 13.4. The van der Waals surface area contributed by atoms with E-state index in [1.807, 2.05) is 26.0 Å². The highest BCUT2D eigenvalue weighted by molar-refractivity contribution is 5.77. The zero-order valence-electron chi connectivity index (χ0n) is 13.4. The molecule has 21 heavy (non-hydrogen) atoms. The van der Waals surface area contributed by atoms with Crippen LogP contribution < -0.4 is 10.2 Å². The number of aromatic nitrogens is 3. The standard InChI is InChI=1S/C14H24N6O/c1-9(2)12-16-13(18-14(17-12)19(3)4)15-10-6-7-20(5)11(21)8-10/h9-10H,6-8H2,1-5H3,(H,15,16,17,18). The van der Waals surface area contributed by atoms with Crippen LogP contribution in [0.15, 0.2) is 0 Å². The summed E-state index contributed by atoms with van der Waals surface area (Å²) in [5.41, 5.74) is 0. The second kappa shape index (κ2) is 6.24. The minimum absolute atomic E-state index is 0.0890. The van der Waals surface area contributed by atoms with Gasteiger partial charge in [-0.1, -0.05) is 13.8 Å². The van der Waals surface area contributed by atoms with E-state index >= 15 is 0 Å². The number of anilines is 2. The molecule has 0 radical (unpaired) electrons. The van der Waals surface area contributed by atoms with E-state index < -0.39 is 0 Å². The maximum atomic E-state index is 11.8. The highest BCUT2D eigenvalue weighted by Gasteiger charge is 2.24. The highest BCUT2D eigenvalue weighted by atomic mass is 16.2. The average molecular weight is 292 g/mol. The largest absolute Gasteiger partial charge is 0.351 e. The quantitative estimate of drug-likeness (QED) is 0.895. The Bertz CT molecular complexity index is 490. The molecule has 1 aromatic rings. The van der Waals surface area contributed by atoms with Crippen LogP contribution in [0.4, 0.5) is 11.9 Å². The van der Waals surface area contributed by atoms with Crippen molar-refractivity contribution < 1.29 is 4.79 Å². The van der Waals surface area contributed by atoms with Crippen molar-refractivity contribution in [2.24, 2.45) is 0 Å².